The highest BCUT2D eigenvalue weighted by atomic mass is 32.2. The number of anilines is 1. The average Bonchev–Trinajstić information content (AvgIpc) is 2.79. The zero-order chi connectivity index (χ0) is 24.2. The van der Waals surface area contributed by atoms with Gasteiger partial charge in [-0.15, -0.1) is 0 Å². The van der Waals surface area contributed by atoms with Crippen LogP contribution in [0.3, 0.4) is 0 Å². The lowest BCUT2D eigenvalue weighted by Gasteiger charge is -2.26. The Morgan fingerprint density at radius 3 is 2.24 bits per heavy atom. The predicted molar refractivity (Wildman–Crippen MR) is 121 cm³/mol. The normalized spacial score (nSPS) is 15.5. The molecule has 0 spiro atoms. The van der Waals surface area contributed by atoms with Gasteiger partial charge in [0.2, 0.25) is 21.7 Å². The molecule has 1 aliphatic rings. The second-order valence-electron chi connectivity index (χ2n) is 7.67. The van der Waals surface area contributed by atoms with Crippen LogP contribution in [0, 0.1) is 6.92 Å². The first kappa shape index (κ1) is 24.6. The molecule has 1 aliphatic heterocycles. The molecule has 1 heterocycles. The molecule has 33 heavy (non-hydrogen) atoms. The van der Waals surface area contributed by atoms with Crippen molar-refractivity contribution in [2.24, 2.45) is 0 Å². The Kier molecular flexibility index (Phi) is 7.62. The fourth-order valence-electron chi connectivity index (χ4n) is 3.37. The van der Waals surface area contributed by atoms with Crippen molar-refractivity contribution in [3.63, 3.8) is 0 Å². The van der Waals surface area contributed by atoms with Gasteiger partial charge in [0.05, 0.1) is 23.7 Å². The summed E-state index contributed by atoms with van der Waals surface area (Å²) in [5.74, 6) is -1.46. The Bertz CT molecular complexity index is 1150. The standard InChI is InChI=1S/C23H26N2O7S/c1-15-4-5-19(14-21(15)33(29,30)25-10-12-31-13-11-25)23(28)32-16(2)22(27)18-6-8-20(9-7-18)24-17(3)26/h4-9,14,16H,10-13H2,1-3H3,(H,24,26). The van der Waals surface area contributed by atoms with Crippen molar-refractivity contribution >= 4 is 33.4 Å². The lowest BCUT2D eigenvalue weighted by atomic mass is 10.1. The monoisotopic (exact) mass is 474 g/mol. The van der Waals surface area contributed by atoms with E-state index in [2.05, 4.69) is 5.32 Å². The predicted octanol–water partition coefficient (Wildman–Crippen LogP) is 2.40. The maximum atomic E-state index is 13.0. The number of nitrogens with one attached hydrogen (secondary N) is 1. The Morgan fingerprint density at radius 1 is 1.03 bits per heavy atom. The highest BCUT2D eigenvalue weighted by molar-refractivity contribution is 7.89. The molecular formula is C23H26N2O7S. The molecule has 0 aliphatic carbocycles. The molecule has 9 nitrogen and oxygen atoms in total. The summed E-state index contributed by atoms with van der Waals surface area (Å²) in [6.45, 7) is 5.58. The fraction of sp³-hybridized carbons (Fsp3) is 0.348. The topological polar surface area (TPSA) is 119 Å². The van der Waals surface area contributed by atoms with Crippen LogP contribution in [0.2, 0.25) is 0 Å². The van der Waals surface area contributed by atoms with Crippen LogP contribution in [0.15, 0.2) is 47.4 Å². The van der Waals surface area contributed by atoms with Gasteiger partial charge in [-0.05, 0) is 55.8 Å². The van der Waals surface area contributed by atoms with E-state index in [0.717, 1.165) is 0 Å². The summed E-state index contributed by atoms with van der Waals surface area (Å²) < 4.78 is 37.9. The number of hydrogen-bond acceptors (Lipinski definition) is 7. The Balaban J connectivity index is 1.74. The van der Waals surface area contributed by atoms with Crippen molar-refractivity contribution in [1.29, 1.82) is 0 Å². The minimum Gasteiger partial charge on any atom is -0.451 e. The SMILES string of the molecule is CC(=O)Nc1ccc(C(=O)C(C)OC(=O)c2ccc(C)c(S(=O)(=O)N3CCOCC3)c2)cc1. The number of sulfonamides is 1. The number of ketones is 1. The summed E-state index contributed by atoms with van der Waals surface area (Å²) in [7, 11) is -3.80. The van der Waals surface area contributed by atoms with Crippen LogP contribution in [-0.4, -0.2) is 62.8 Å². The molecule has 0 aromatic heterocycles. The molecule has 1 N–H and O–H groups in total. The van der Waals surface area contributed by atoms with E-state index < -0.39 is 27.9 Å². The number of carbonyl (C=O) groups excluding carboxylic acids is 3. The summed E-state index contributed by atoms with van der Waals surface area (Å²) in [4.78, 5) is 36.5. The molecule has 0 saturated carbocycles. The van der Waals surface area contributed by atoms with E-state index in [-0.39, 0.29) is 29.5 Å². The number of rotatable bonds is 7. The molecule has 1 saturated heterocycles. The van der Waals surface area contributed by atoms with Gasteiger partial charge < -0.3 is 14.8 Å². The first-order valence-corrected chi connectivity index (χ1v) is 11.8. The fourth-order valence-corrected chi connectivity index (χ4v) is 5.03. The lowest BCUT2D eigenvalue weighted by Crippen LogP contribution is -2.40. The summed E-state index contributed by atoms with van der Waals surface area (Å²) >= 11 is 0. The van der Waals surface area contributed by atoms with Crippen LogP contribution < -0.4 is 5.32 Å². The summed E-state index contributed by atoms with van der Waals surface area (Å²) in [6.07, 6.45) is -1.09. The molecule has 2 aromatic rings. The van der Waals surface area contributed by atoms with E-state index in [9.17, 15) is 22.8 Å². The number of hydrogen-bond donors (Lipinski definition) is 1. The first-order valence-electron chi connectivity index (χ1n) is 10.4. The van der Waals surface area contributed by atoms with Crippen LogP contribution in [0.4, 0.5) is 5.69 Å². The van der Waals surface area contributed by atoms with Gasteiger partial charge in [0.15, 0.2) is 6.10 Å². The summed E-state index contributed by atoms with van der Waals surface area (Å²) in [5.41, 5.74) is 1.38. The number of morpholine rings is 1. The van der Waals surface area contributed by atoms with Crippen LogP contribution in [0.25, 0.3) is 0 Å². The molecule has 1 fully saturated rings. The molecule has 1 amide bonds. The average molecular weight is 475 g/mol. The van der Waals surface area contributed by atoms with Gasteiger partial charge in [0, 0.05) is 31.3 Å². The molecule has 1 atom stereocenters. The summed E-state index contributed by atoms with van der Waals surface area (Å²) in [5, 5.41) is 2.60. The van der Waals surface area contributed by atoms with E-state index in [4.69, 9.17) is 9.47 Å². The molecule has 2 aromatic carbocycles. The maximum absolute atomic E-state index is 13.0. The zero-order valence-electron chi connectivity index (χ0n) is 18.7. The Hall–Kier alpha value is -3.08. The van der Waals surface area contributed by atoms with E-state index >= 15 is 0 Å². The third-order valence-electron chi connectivity index (χ3n) is 5.15. The molecule has 10 heteroatoms. The van der Waals surface area contributed by atoms with Gasteiger partial charge in [0.1, 0.15) is 0 Å². The first-order chi connectivity index (χ1) is 15.6. The quantitative estimate of drug-likeness (QED) is 0.483. The molecule has 1 unspecified atom stereocenters. The van der Waals surface area contributed by atoms with E-state index in [1.54, 1.807) is 19.1 Å². The summed E-state index contributed by atoms with van der Waals surface area (Å²) in [6, 6.07) is 10.5. The minimum absolute atomic E-state index is 0.0198. The number of nitrogens with zero attached hydrogens (tertiary/aromatic N) is 1. The van der Waals surface area contributed by atoms with Crippen molar-refractivity contribution in [3.05, 3.63) is 59.2 Å². The molecular weight excluding hydrogens is 448 g/mol. The largest absolute Gasteiger partial charge is 0.451 e. The van der Waals surface area contributed by atoms with Crippen molar-refractivity contribution in [2.45, 2.75) is 31.8 Å². The number of carbonyl (C=O) groups is 3. The van der Waals surface area contributed by atoms with Crippen molar-refractivity contribution in [1.82, 2.24) is 4.31 Å². The number of esters is 1. The van der Waals surface area contributed by atoms with Crippen LogP contribution in [0.5, 0.6) is 0 Å². The van der Waals surface area contributed by atoms with Gasteiger partial charge in [0.25, 0.3) is 0 Å². The number of Topliss-reactive ketones (excluding diaryl/α,β-unsaturated/α-hetero) is 1. The second kappa shape index (κ2) is 10.2. The lowest BCUT2D eigenvalue weighted by molar-refractivity contribution is -0.114. The van der Waals surface area contributed by atoms with Gasteiger partial charge in [-0.25, -0.2) is 13.2 Å². The second-order valence-corrected chi connectivity index (χ2v) is 9.57. The smallest absolute Gasteiger partial charge is 0.338 e. The van der Waals surface area contributed by atoms with E-state index in [1.165, 1.54) is 48.5 Å². The maximum Gasteiger partial charge on any atom is 0.338 e. The molecule has 3 rings (SSSR count). The van der Waals surface area contributed by atoms with Gasteiger partial charge in [-0.2, -0.15) is 4.31 Å². The van der Waals surface area contributed by atoms with Crippen molar-refractivity contribution < 1.29 is 32.3 Å². The van der Waals surface area contributed by atoms with Gasteiger partial charge in [-0.3, -0.25) is 9.59 Å². The van der Waals surface area contributed by atoms with Gasteiger partial charge in [-0.1, -0.05) is 6.07 Å². The molecule has 0 radical (unpaired) electrons. The number of amides is 1. The highest BCUT2D eigenvalue weighted by Crippen LogP contribution is 2.23. The highest BCUT2D eigenvalue weighted by Gasteiger charge is 2.29. The van der Waals surface area contributed by atoms with Crippen molar-refractivity contribution in [2.75, 3.05) is 31.6 Å². The number of benzene rings is 2. The number of aryl methyl sites for hydroxylation is 1. The van der Waals surface area contributed by atoms with Gasteiger partial charge >= 0.3 is 5.97 Å². The Morgan fingerprint density at radius 2 is 1.64 bits per heavy atom. The van der Waals surface area contributed by atoms with E-state index in [1.807, 2.05) is 0 Å². The number of ether oxygens (including phenoxy) is 2. The third kappa shape index (κ3) is 5.84. The van der Waals surface area contributed by atoms with Crippen molar-refractivity contribution in [3.8, 4) is 0 Å². The third-order valence-corrected chi connectivity index (χ3v) is 7.20. The van der Waals surface area contributed by atoms with Crippen LogP contribution >= 0.6 is 0 Å². The van der Waals surface area contributed by atoms with Crippen LogP contribution in [-0.2, 0) is 24.3 Å². The van der Waals surface area contributed by atoms with Crippen LogP contribution in [0.1, 0.15) is 40.1 Å². The Labute approximate surface area is 192 Å². The molecule has 176 valence electrons. The zero-order valence-corrected chi connectivity index (χ0v) is 19.5. The molecule has 0 bridgehead atoms. The van der Waals surface area contributed by atoms with E-state index in [0.29, 0.717) is 30.0 Å². The minimum atomic E-state index is -3.80.